The molecule has 1 aromatic rings. The lowest BCUT2D eigenvalue weighted by atomic mass is 9.92. The summed E-state index contributed by atoms with van der Waals surface area (Å²) in [6, 6.07) is 4.02. The second-order valence-corrected chi connectivity index (χ2v) is 5.90. The molecule has 0 aliphatic heterocycles. The first-order valence-corrected chi connectivity index (χ1v) is 6.30. The van der Waals surface area contributed by atoms with E-state index in [1.54, 1.807) is 0 Å². The van der Waals surface area contributed by atoms with E-state index in [2.05, 4.69) is 26.1 Å². The number of nitro groups is 1. The van der Waals surface area contributed by atoms with E-state index in [-0.39, 0.29) is 27.6 Å². The van der Waals surface area contributed by atoms with Gasteiger partial charge in [-0.1, -0.05) is 32.4 Å². The van der Waals surface area contributed by atoms with Crippen molar-refractivity contribution in [3.63, 3.8) is 0 Å². The monoisotopic (exact) mass is 284 g/mol. The van der Waals surface area contributed by atoms with Crippen molar-refractivity contribution in [1.29, 1.82) is 0 Å². The second-order valence-electron chi connectivity index (χ2n) is 5.49. The Balaban J connectivity index is 2.73. The molecule has 0 saturated heterocycles. The second kappa shape index (κ2) is 6.02. The van der Waals surface area contributed by atoms with Gasteiger partial charge in [0.1, 0.15) is 5.02 Å². The lowest BCUT2D eigenvalue weighted by molar-refractivity contribution is -0.384. The van der Waals surface area contributed by atoms with Crippen LogP contribution in [0.25, 0.3) is 0 Å². The van der Waals surface area contributed by atoms with E-state index in [1.807, 2.05) is 0 Å². The molecule has 0 unspecified atom stereocenters. The molecule has 0 radical (unpaired) electrons. The largest absolute Gasteiger partial charge is 0.352 e. The van der Waals surface area contributed by atoms with Crippen LogP contribution in [0.5, 0.6) is 0 Å². The molecule has 0 aliphatic carbocycles. The minimum atomic E-state index is -0.603. The molecule has 0 atom stereocenters. The van der Waals surface area contributed by atoms with Crippen LogP contribution >= 0.6 is 11.6 Å². The normalized spacial score (nSPS) is 11.2. The Morgan fingerprint density at radius 1 is 1.42 bits per heavy atom. The van der Waals surface area contributed by atoms with Gasteiger partial charge in [0.25, 0.3) is 11.6 Å². The first-order chi connectivity index (χ1) is 8.70. The number of carbonyl (C=O) groups excluding carboxylic acids is 1. The fraction of sp³-hybridized carbons (Fsp3) is 0.462. The Morgan fingerprint density at radius 2 is 2.05 bits per heavy atom. The highest BCUT2D eigenvalue weighted by Gasteiger charge is 2.16. The molecular weight excluding hydrogens is 268 g/mol. The molecule has 0 aliphatic rings. The smallest absolute Gasteiger partial charge is 0.288 e. The zero-order chi connectivity index (χ0) is 14.6. The summed E-state index contributed by atoms with van der Waals surface area (Å²) in [4.78, 5) is 22.0. The summed E-state index contributed by atoms with van der Waals surface area (Å²) in [5.74, 6) is -0.330. The predicted molar refractivity (Wildman–Crippen MR) is 74.5 cm³/mol. The molecule has 104 valence electrons. The van der Waals surface area contributed by atoms with Gasteiger partial charge >= 0.3 is 0 Å². The Labute approximate surface area is 117 Å². The molecule has 1 amide bonds. The molecule has 0 saturated carbocycles. The molecule has 0 heterocycles. The first-order valence-electron chi connectivity index (χ1n) is 5.93. The first kappa shape index (κ1) is 15.4. The van der Waals surface area contributed by atoms with Crippen molar-refractivity contribution in [3.05, 3.63) is 38.9 Å². The fourth-order valence-electron chi connectivity index (χ4n) is 1.45. The third-order valence-electron chi connectivity index (χ3n) is 2.57. The minimum Gasteiger partial charge on any atom is -0.352 e. The highest BCUT2D eigenvalue weighted by Crippen LogP contribution is 2.25. The summed E-state index contributed by atoms with van der Waals surface area (Å²) in [5.41, 5.74) is 0.106. The van der Waals surface area contributed by atoms with Gasteiger partial charge in [0.15, 0.2) is 0 Å². The number of halogens is 1. The number of amides is 1. The molecule has 6 heteroatoms. The van der Waals surface area contributed by atoms with Gasteiger partial charge in [-0.3, -0.25) is 14.9 Å². The van der Waals surface area contributed by atoms with Crippen molar-refractivity contribution in [1.82, 2.24) is 5.32 Å². The van der Waals surface area contributed by atoms with Crippen molar-refractivity contribution in [2.24, 2.45) is 5.41 Å². The van der Waals surface area contributed by atoms with Gasteiger partial charge in [0.05, 0.1) is 4.92 Å². The van der Waals surface area contributed by atoms with Crippen LogP contribution in [0.3, 0.4) is 0 Å². The van der Waals surface area contributed by atoms with Crippen LogP contribution < -0.4 is 5.32 Å². The van der Waals surface area contributed by atoms with E-state index in [1.165, 1.54) is 18.2 Å². The van der Waals surface area contributed by atoms with E-state index in [0.29, 0.717) is 6.54 Å². The van der Waals surface area contributed by atoms with Crippen LogP contribution in [0.15, 0.2) is 18.2 Å². The molecule has 1 N–H and O–H groups in total. The number of nitrogens with one attached hydrogen (secondary N) is 1. The number of nitro benzene ring substituents is 1. The summed E-state index contributed by atoms with van der Waals surface area (Å²) in [6.07, 6.45) is 0.828. The maximum Gasteiger partial charge on any atom is 0.288 e. The van der Waals surface area contributed by atoms with Crippen molar-refractivity contribution in [3.8, 4) is 0 Å². The molecule has 1 rings (SSSR count). The number of hydrogen-bond donors (Lipinski definition) is 1. The Hall–Kier alpha value is -1.62. The Morgan fingerprint density at radius 3 is 2.58 bits per heavy atom. The summed E-state index contributed by atoms with van der Waals surface area (Å²) in [7, 11) is 0. The molecule has 0 aromatic heterocycles. The van der Waals surface area contributed by atoms with Crippen LogP contribution in [0.1, 0.15) is 37.6 Å². The molecule has 0 spiro atoms. The minimum absolute atomic E-state index is 0.0243. The van der Waals surface area contributed by atoms with Gasteiger partial charge in [0.2, 0.25) is 0 Å². The SMILES string of the molecule is CC(C)(C)CCNC(=O)c1ccc(Cl)c([N+](=O)[O-])c1. The van der Waals surface area contributed by atoms with Crippen LogP contribution in [0, 0.1) is 15.5 Å². The van der Waals surface area contributed by atoms with E-state index in [4.69, 9.17) is 11.6 Å². The topological polar surface area (TPSA) is 72.2 Å². The van der Waals surface area contributed by atoms with Gasteiger partial charge in [-0.05, 0) is 24.0 Å². The number of carbonyl (C=O) groups is 1. The third kappa shape index (κ3) is 4.87. The number of nitrogens with zero attached hydrogens (tertiary/aromatic N) is 1. The molecule has 0 fully saturated rings. The van der Waals surface area contributed by atoms with Gasteiger partial charge in [-0.15, -0.1) is 0 Å². The molecule has 1 aromatic carbocycles. The summed E-state index contributed by atoms with van der Waals surface area (Å²) in [5, 5.41) is 13.5. The van der Waals surface area contributed by atoms with Gasteiger partial charge in [0, 0.05) is 18.2 Å². The van der Waals surface area contributed by atoms with E-state index in [0.717, 1.165) is 6.42 Å². The van der Waals surface area contributed by atoms with Crippen molar-refractivity contribution < 1.29 is 9.72 Å². The van der Waals surface area contributed by atoms with Gasteiger partial charge < -0.3 is 5.32 Å². The van der Waals surface area contributed by atoms with E-state index in [9.17, 15) is 14.9 Å². The van der Waals surface area contributed by atoms with E-state index >= 15 is 0 Å². The number of hydrogen-bond acceptors (Lipinski definition) is 3. The average Bonchev–Trinajstić information content (AvgIpc) is 2.27. The fourth-order valence-corrected chi connectivity index (χ4v) is 1.63. The summed E-state index contributed by atoms with van der Waals surface area (Å²) < 4.78 is 0. The Bertz CT molecular complexity index is 495. The lowest BCUT2D eigenvalue weighted by Crippen LogP contribution is -2.27. The van der Waals surface area contributed by atoms with Crippen molar-refractivity contribution in [2.75, 3.05) is 6.54 Å². The summed E-state index contributed by atoms with van der Waals surface area (Å²) >= 11 is 5.69. The molecular formula is C13H17ClN2O3. The number of benzene rings is 1. The molecule has 19 heavy (non-hydrogen) atoms. The van der Waals surface area contributed by atoms with Crippen LogP contribution in [0.4, 0.5) is 5.69 Å². The van der Waals surface area contributed by atoms with Gasteiger partial charge in [-0.25, -0.2) is 0 Å². The lowest BCUT2D eigenvalue weighted by Gasteiger charge is -2.18. The predicted octanol–water partition coefficient (Wildman–Crippen LogP) is 3.41. The zero-order valence-electron chi connectivity index (χ0n) is 11.2. The quantitative estimate of drug-likeness (QED) is 0.680. The average molecular weight is 285 g/mol. The van der Waals surface area contributed by atoms with Crippen LogP contribution in [0.2, 0.25) is 5.02 Å². The molecule has 5 nitrogen and oxygen atoms in total. The highest BCUT2D eigenvalue weighted by atomic mass is 35.5. The van der Waals surface area contributed by atoms with Gasteiger partial charge in [-0.2, -0.15) is 0 Å². The van der Waals surface area contributed by atoms with Crippen molar-refractivity contribution >= 4 is 23.2 Å². The third-order valence-corrected chi connectivity index (χ3v) is 2.89. The zero-order valence-corrected chi connectivity index (χ0v) is 12.0. The van der Waals surface area contributed by atoms with Crippen LogP contribution in [-0.4, -0.2) is 17.4 Å². The Kier molecular flexibility index (Phi) is 4.89. The van der Waals surface area contributed by atoms with Crippen molar-refractivity contribution in [2.45, 2.75) is 27.2 Å². The summed E-state index contributed by atoms with van der Waals surface area (Å²) in [6.45, 7) is 6.75. The van der Waals surface area contributed by atoms with Crippen LogP contribution in [-0.2, 0) is 0 Å². The maximum absolute atomic E-state index is 11.8. The maximum atomic E-state index is 11.8. The van der Waals surface area contributed by atoms with E-state index < -0.39 is 4.92 Å². The molecule has 0 bridgehead atoms. The standard InChI is InChI=1S/C13H17ClN2O3/c1-13(2,3)6-7-15-12(17)9-4-5-10(14)11(8-9)16(18)19/h4-5,8H,6-7H2,1-3H3,(H,15,17). The highest BCUT2D eigenvalue weighted by molar-refractivity contribution is 6.32. The number of rotatable bonds is 4.